The van der Waals surface area contributed by atoms with Crippen LogP contribution in [0.2, 0.25) is 0 Å². The van der Waals surface area contributed by atoms with Gasteiger partial charge in [-0.1, -0.05) is 6.92 Å². The standard InChI is InChI=1S/C18H24F3N5O2.HI/c1-3-15(28)26-8-7-11(10-26)24-18(22-4-2)23-9-14(27)25-13-6-5-12(19)16(20)17(13)21;/h5-6,11H,3-4,7-10H2,1-2H3,(H,25,27)(H2,22,23,24);1H. The third-order valence-corrected chi connectivity index (χ3v) is 4.22. The number of guanidine groups is 1. The molecule has 0 bridgehead atoms. The van der Waals surface area contributed by atoms with Gasteiger partial charge in [-0.25, -0.2) is 18.2 Å². The van der Waals surface area contributed by atoms with Crippen LogP contribution in [0.4, 0.5) is 18.9 Å². The summed E-state index contributed by atoms with van der Waals surface area (Å²) in [7, 11) is 0. The van der Waals surface area contributed by atoms with E-state index in [4.69, 9.17) is 0 Å². The lowest BCUT2D eigenvalue weighted by Crippen LogP contribution is -2.45. The van der Waals surface area contributed by atoms with E-state index in [0.29, 0.717) is 32.0 Å². The van der Waals surface area contributed by atoms with Crippen LogP contribution in [0.25, 0.3) is 0 Å². The Morgan fingerprint density at radius 2 is 1.93 bits per heavy atom. The Balaban J connectivity index is 0.00000420. The molecule has 1 aromatic rings. The minimum absolute atomic E-state index is 0. The number of halogens is 4. The van der Waals surface area contributed by atoms with Gasteiger partial charge < -0.3 is 20.9 Å². The molecule has 1 aliphatic rings. The van der Waals surface area contributed by atoms with Crippen LogP contribution >= 0.6 is 24.0 Å². The lowest BCUT2D eigenvalue weighted by atomic mass is 10.2. The number of benzene rings is 1. The number of nitrogens with one attached hydrogen (secondary N) is 3. The summed E-state index contributed by atoms with van der Waals surface area (Å²) >= 11 is 0. The number of carbonyl (C=O) groups is 2. The average Bonchev–Trinajstić information content (AvgIpc) is 3.14. The molecule has 11 heteroatoms. The second kappa shape index (κ2) is 11.8. The highest BCUT2D eigenvalue weighted by Crippen LogP contribution is 2.19. The molecule has 2 rings (SSSR count). The number of rotatable bonds is 6. The summed E-state index contributed by atoms with van der Waals surface area (Å²) in [6.07, 6.45) is 1.20. The van der Waals surface area contributed by atoms with Crippen molar-refractivity contribution in [2.75, 3.05) is 31.5 Å². The zero-order valence-corrected chi connectivity index (χ0v) is 18.6. The Morgan fingerprint density at radius 3 is 2.59 bits per heavy atom. The number of nitrogens with zero attached hydrogens (tertiary/aromatic N) is 2. The molecule has 3 N–H and O–H groups in total. The molecule has 29 heavy (non-hydrogen) atoms. The highest BCUT2D eigenvalue weighted by Gasteiger charge is 2.25. The lowest BCUT2D eigenvalue weighted by molar-refractivity contribution is -0.129. The van der Waals surface area contributed by atoms with E-state index in [1.54, 1.807) is 4.90 Å². The van der Waals surface area contributed by atoms with Crippen molar-refractivity contribution in [1.29, 1.82) is 0 Å². The van der Waals surface area contributed by atoms with Gasteiger partial charge in [0.05, 0.1) is 5.69 Å². The number of hydrogen-bond donors (Lipinski definition) is 3. The van der Waals surface area contributed by atoms with E-state index in [-0.39, 0.29) is 42.5 Å². The quantitative estimate of drug-likeness (QED) is 0.229. The van der Waals surface area contributed by atoms with E-state index in [1.807, 2.05) is 13.8 Å². The Kier molecular flexibility index (Phi) is 10.2. The van der Waals surface area contributed by atoms with Gasteiger partial charge in [0.25, 0.3) is 0 Å². The molecule has 1 aliphatic heterocycles. The van der Waals surface area contributed by atoms with Gasteiger partial charge in [-0.2, -0.15) is 0 Å². The van der Waals surface area contributed by atoms with Crippen LogP contribution in [0.15, 0.2) is 17.1 Å². The van der Waals surface area contributed by atoms with Crippen molar-refractivity contribution in [2.24, 2.45) is 4.99 Å². The number of likely N-dealkylation sites (tertiary alicyclic amines) is 1. The molecule has 7 nitrogen and oxygen atoms in total. The minimum Gasteiger partial charge on any atom is -0.357 e. The number of hydrogen-bond acceptors (Lipinski definition) is 3. The summed E-state index contributed by atoms with van der Waals surface area (Å²) < 4.78 is 39.8. The van der Waals surface area contributed by atoms with E-state index in [9.17, 15) is 22.8 Å². The van der Waals surface area contributed by atoms with Gasteiger partial charge >= 0.3 is 0 Å². The highest BCUT2D eigenvalue weighted by molar-refractivity contribution is 14.0. The first kappa shape index (κ1) is 25.0. The maximum absolute atomic E-state index is 13.6. The van der Waals surface area contributed by atoms with Crippen molar-refractivity contribution in [1.82, 2.24) is 15.5 Å². The third-order valence-electron chi connectivity index (χ3n) is 4.22. The second-order valence-electron chi connectivity index (χ2n) is 6.29. The van der Waals surface area contributed by atoms with Gasteiger partial charge in [0, 0.05) is 32.1 Å². The fourth-order valence-electron chi connectivity index (χ4n) is 2.80. The second-order valence-corrected chi connectivity index (χ2v) is 6.29. The van der Waals surface area contributed by atoms with Crippen LogP contribution in [0.1, 0.15) is 26.7 Å². The number of anilines is 1. The maximum Gasteiger partial charge on any atom is 0.246 e. The Hall–Kier alpha value is -2.05. The van der Waals surface area contributed by atoms with Crippen molar-refractivity contribution < 1.29 is 22.8 Å². The average molecular weight is 527 g/mol. The summed E-state index contributed by atoms with van der Waals surface area (Å²) in [4.78, 5) is 29.6. The summed E-state index contributed by atoms with van der Waals surface area (Å²) in [6, 6.07) is 1.67. The van der Waals surface area contributed by atoms with Gasteiger partial charge in [-0.3, -0.25) is 9.59 Å². The van der Waals surface area contributed by atoms with Gasteiger partial charge in [-0.05, 0) is 25.5 Å². The van der Waals surface area contributed by atoms with Gasteiger partial charge in [-0.15, -0.1) is 24.0 Å². The molecule has 0 aromatic heterocycles. The molecule has 1 heterocycles. The molecule has 0 spiro atoms. The normalized spacial score (nSPS) is 16.2. The van der Waals surface area contributed by atoms with Crippen LogP contribution < -0.4 is 16.0 Å². The Morgan fingerprint density at radius 1 is 1.21 bits per heavy atom. The summed E-state index contributed by atoms with van der Waals surface area (Å²) in [6.45, 7) is 5.06. The summed E-state index contributed by atoms with van der Waals surface area (Å²) in [5.41, 5.74) is -0.457. The Bertz CT molecular complexity index is 763. The molecule has 0 saturated carbocycles. The molecular weight excluding hydrogens is 502 g/mol. The van der Waals surface area contributed by atoms with Gasteiger partial charge in [0.2, 0.25) is 11.8 Å². The maximum atomic E-state index is 13.6. The first-order chi connectivity index (χ1) is 13.3. The fourth-order valence-corrected chi connectivity index (χ4v) is 2.80. The first-order valence-corrected chi connectivity index (χ1v) is 9.11. The first-order valence-electron chi connectivity index (χ1n) is 9.11. The largest absolute Gasteiger partial charge is 0.357 e. The SMILES string of the molecule is CCNC(=NCC(=O)Nc1ccc(F)c(F)c1F)NC1CCN(C(=O)CC)C1.I. The monoisotopic (exact) mass is 527 g/mol. The molecule has 1 atom stereocenters. The predicted octanol–water partition coefficient (Wildman–Crippen LogP) is 2.23. The van der Waals surface area contributed by atoms with E-state index in [0.717, 1.165) is 18.6 Å². The van der Waals surface area contributed by atoms with Crippen molar-refractivity contribution in [2.45, 2.75) is 32.7 Å². The zero-order valence-electron chi connectivity index (χ0n) is 16.2. The van der Waals surface area contributed by atoms with Crippen LogP contribution in [0.3, 0.4) is 0 Å². The van der Waals surface area contributed by atoms with Crippen LogP contribution in [-0.4, -0.2) is 54.9 Å². The third kappa shape index (κ3) is 7.05. The lowest BCUT2D eigenvalue weighted by Gasteiger charge is -2.18. The molecule has 1 aromatic carbocycles. The van der Waals surface area contributed by atoms with E-state index >= 15 is 0 Å². The molecule has 0 aliphatic carbocycles. The minimum atomic E-state index is -1.65. The highest BCUT2D eigenvalue weighted by atomic mass is 127. The molecule has 0 radical (unpaired) electrons. The van der Waals surface area contributed by atoms with Crippen LogP contribution in [0, 0.1) is 17.5 Å². The number of aliphatic imine (C=N–C) groups is 1. The van der Waals surface area contributed by atoms with Gasteiger partial charge in [0.1, 0.15) is 6.54 Å². The van der Waals surface area contributed by atoms with Crippen LogP contribution in [-0.2, 0) is 9.59 Å². The molecule has 1 unspecified atom stereocenters. The van der Waals surface area contributed by atoms with E-state index in [2.05, 4.69) is 20.9 Å². The molecular formula is C18H25F3IN5O2. The van der Waals surface area contributed by atoms with Crippen molar-refractivity contribution in [3.8, 4) is 0 Å². The zero-order chi connectivity index (χ0) is 20.7. The Labute approximate surface area is 184 Å². The molecule has 1 saturated heterocycles. The molecule has 1 fully saturated rings. The van der Waals surface area contributed by atoms with Crippen molar-refractivity contribution >= 4 is 47.4 Å². The smallest absolute Gasteiger partial charge is 0.246 e. The van der Waals surface area contributed by atoms with E-state index in [1.165, 1.54) is 0 Å². The topological polar surface area (TPSA) is 85.8 Å². The molecule has 162 valence electrons. The van der Waals surface area contributed by atoms with E-state index < -0.39 is 29.0 Å². The van der Waals surface area contributed by atoms with Crippen molar-refractivity contribution in [3.05, 3.63) is 29.6 Å². The number of amides is 2. The van der Waals surface area contributed by atoms with Gasteiger partial charge in [0.15, 0.2) is 23.4 Å². The number of carbonyl (C=O) groups excluding carboxylic acids is 2. The molecule has 2 amide bonds. The summed E-state index contributed by atoms with van der Waals surface area (Å²) in [5, 5.41) is 8.30. The van der Waals surface area contributed by atoms with Crippen molar-refractivity contribution in [3.63, 3.8) is 0 Å². The summed E-state index contributed by atoms with van der Waals surface area (Å²) in [5.74, 6) is -4.67. The predicted molar refractivity (Wildman–Crippen MR) is 115 cm³/mol. The fraction of sp³-hybridized carbons (Fsp3) is 0.500. The van der Waals surface area contributed by atoms with Crippen LogP contribution in [0.5, 0.6) is 0 Å².